The van der Waals surface area contributed by atoms with Crippen LogP contribution in [0.1, 0.15) is 57.4 Å². The fourth-order valence-corrected chi connectivity index (χ4v) is 3.22. The molecule has 0 radical (unpaired) electrons. The number of hydrogen-bond donors (Lipinski definition) is 2. The highest BCUT2D eigenvalue weighted by Gasteiger charge is 2.32. The van der Waals surface area contributed by atoms with Crippen LogP contribution < -0.4 is 5.32 Å². The maximum absolute atomic E-state index is 10.6. The maximum atomic E-state index is 10.6. The summed E-state index contributed by atoms with van der Waals surface area (Å²) in [4.78, 5) is 0. The third kappa shape index (κ3) is 4.32. The molecule has 1 aliphatic carbocycles. The van der Waals surface area contributed by atoms with Crippen LogP contribution in [0.2, 0.25) is 0 Å². The molecule has 20 heavy (non-hydrogen) atoms. The summed E-state index contributed by atoms with van der Waals surface area (Å²) in [7, 11) is 0. The fraction of sp³-hybridized carbons (Fsp3) is 0.667. The van der Waals surface area contributed by atoms with Crippen molar-refractivity contribution in [3.8, 4) is 0 Å². The summed E-state index contributed by atoms with van der Waals surface area (Å²) < 4.78 is 0. The van der Waals surface area contributed by atoms with Crippen LogP contribution in [0.5, 0.6) is 0 Å². The Morgan fingerprint density at radius 1 is 1.25 bits per heavy atom. The molecule has 0 aromatic heterocycles. The highest BCUT2D eigenvalue weighted by Crippen LogP contribution is 2.33. The molecule has 0 saturated heterocycles. The molecule has 1 aromatic carbocycles. The molecule has 0 amide bonds. The third-order valence-corrected chi connectivity index (χ3v) is 4.89. The zero-order valence-electron chi connectivity index (χ0n) is 12.9. The van der Waals surface area contributed by atoms with Gasteiger partial charge in [0.25, 0.3) is 0 Å². The summed E-state index contributed by atoms with van der Waals surface area (Å²) in [6, 6.07) is 10.6. The van der Waals surface area contributed by atoms with E-state index in [1.807, 2.05) is 0 Å². The van der Waals surface area contributed by atoms with Gasteiger partial charge in [-0.2, -0.15) is 0 Å². The molecule has 0 heterocycles. The van der Waals surface area contributed by atoms with Crippen molar-refractivity contribution in [3.05, 3.63) is 35.9 Å². The normalized spacial score (nSPS) is 28.2. The van der Waals surface area contributed by atoms with Crippen molar-refractivity contribution in [1.29, 1.82) is 0 Å². The Hall–Kier alpha value is -0.860. The Morgan fingerprint density at radius 3 is 2.50 bits per heavy atom. The van der Waals surface area contributed by atoms with E-state index >= 15 is 0 Å². The second kappa shape index (κ2) is 7.24. The first-order chi connectivity index (χ1) is 9.63. The van der Waals surface area contributed by atoms with Crippen molar-refractivity contribution in [2.24, 2.45) is 5.92 Å². The van der Waals surface area contributed by atoms with Crippen LogP contribution in [0.25, 0.3) is 0 Å². The predicted octanol–water partition coefficient (Wildman–Crippen LogP) is 3.71. The molecule has 2 rings (SSSR count). The minimum absolute atomic E-state index is 0.470. The summed E-state index contributed by atoms with van der Waals surface area (Å²) in [6.07, 6.45) is 5.54. The first-order valence-corrected chi connectivity index (χ1v) is 8.11. The van der Waals surface area contributed by atoms with E-state index in [9.17, 15) is 5.11 Å². The number of nitrogens with one attached hydrogen (secondary N) is 1. The molecule has 2 heteroatoms. The molecule has 1 aromatic rings. The molecule has 1 unspecified atom stereocenters. The number of hydrogen-bond acceptors (Lipinski definition) is 2. The molecule has 112 valence electrons. The Bertz CT molecular complexity index is 382. The largest absolute Gasteiger partial charge is 0.389 e. The van der Waals surface area contributed by atoms with Gasteiger partial charge in [-0.3, -0.25) is 0 Å². The van der Waals surface area contributed by atoms with Crippen LogP contribution in [0.4, 0.5) is 0 Å². The molecule has 2 nitrogen and oxygen atoms in total. The maximum Gasteiger partial charge on any atom is 0.0771 e. The van der Waals surface area contributed by atoms with Crippen LogP contribution >= 0.6 is 0 Å². The third-order valence-electron chi connectivity index (χ3n) is 4.89. The van der Waals surface area contributed by atoms with E-state index in [1.54, 1.807) is 0 Å². The topological polar surface area (TPSA) is 32.3 Å². The molecule has 0 bridgehead atoms. The summed E-state index contributed by atoms with van der Waals surface area (Å²) in [6.45, 7) is 6.17. The summed E-state index contributed by atoms with van der Waals surface area (Å²) in [5, 5.41) is 14.1. The number of rotatable bonds is 6. The van der Waals surface area contributed by atoms with E-state index in [4.69, 9.17) is 0 Å². The molecule has 1 saturated carbocycles. The Kier molecular flexibility index (Phi) is 5.62. The Balaban J connectivity index is 1.73. The fourth-order valence-electron chi connectivity index (χ4n) is 3.22. The van der Waals surface area contributed by atoms with E-state index in [1.165, 1.54) is 24.8 Å². The lowest BCUT2D eigenvalue weighted by Crippen LogP contribution is -2.44. The van der Waals surface area contributed by atoms with Crippen molar-refractivity contribution < 1.29 is 5.11 Å². The quantitative estimate of drug-likeness (QED) is 0.829. The van der Waals surface area contributed by atoms with Gasteiger partial charge in [0.15, 0.2) is 0 Å². The molecule has 1 atom stereocenters. The standard InChI is InChI=1S/C18H29NO/c1-3-16-9-11-18(20,12-10-16)14-19-13-15(2)17-7-5-4-6-8-17/h4-8,15-16,19-20H,3,9-14H2,1-2H3. The smallest absolute Gasteiger partial charge is 0.0771 e. The van der Waals surface area contributed by atoms with Crippen LogP contribution in [-0.4, -0.2) is 23.8 Å². The Labute approximate surface area is 123 Å². The molecule has 2 N–H and O–H groups in total. The van der Waals surface area contributed by atoms with Crippen molar-refractivity contribution >= 4 is 0 Å². The van der Waals surface area contributed by atoms with E-state index in [2.05, 4.69) is 49.5 Å². The highest BCUT2D eigenvalue weighted by molar-refractivity contribution is 5.18. The summed E-state index contributed by atoms with van der Waals surface area (Å²) >= 11 is 0. The van der Waals surface area contributed by atoms with Gasteiger partial charge < -0.3 is 10.4 Å². The van der Waals surface area contributed by atoms with Gasteiger partial charge in [0, 0.05) is 13.1 Å². The summed E-state index contributed by atoms with van der Waals surface area (Å²) in [5.74, 6) is 1.32. The minimum Gasteiger partial charge on any atom is -0.389 e. The summed E-state index contributed by atoms with van der Waals surface area (Å²) in [5.41, 5.74) is 0.893. The van der Waals surface area contributed by atoms with Crippen molar-refractivity contribution in [2.45, 2.75) is 57.5 Å². The first-order valence-electron chi connectivity index (χ1n) is 8.11. The molecule has 1 aliphatic rings. The van der Waals surface area contributed by atoms with Gasteiger partial charge in [0.1, 0.15) is 0 Å². The lowest BCUT2D eigenvalue weighted by Gasteiger charge is -2.36. The van der Waals surface area contributed by atoms with E-state index in [-0.39, 0.29) is 0 Å². The Morgan fingerprint density at radius 2 is 1.90 bits per heavy atom. The SMILES string of the molecule is CCC1CCC(O)(CNCC(C)c2ccccc2)CC1. The highest BCUT2D eigenvalue weighted by atomic mass is 16.3. The predicted molar refractivity (Wildman–Crippen MR) is 84.9 cm³/mol. The molecular formula is C18H29NO. The van der Waals surface area contributed by atoms with Crippen LogP contribution in [0, 0.1) is 5.92 Å². The lowest BCUT2D eigenvalue weighted by molar-refractivity contribution is -0.00860. The average molecular weight is 275 g/mol. The van der Waals surface area contributed by atoms with Crippen molar-refractivity contribution in [1.82, 2.24) is 5.32 Å². The monoisotopic (exact) mass is 275 g/mol. The van der Waals surface area contributed by atoms with Crippen LogP contribution in [0.15, 0.2) is 30.3 Å². The van der Waals surface area contributed by atoms with E-state index in [0.29, 0.717) is 5.92 Å². The van der Waals surface area contributed by atoms with Gasteiger partial charge in [-0.15, -0.1) is 0 Å². The zero-order chi connectivity index (χ0) is 14.4. The number of benzene rings is 1. The first kappa shape index (κ1) is 15.5. The molecule has 1 fully saturated rings. The van der Waals surface area contributed by atoms with Crippen LogP contribution in [0.3, 0.4) is 0 Å². The number of aliphatic hydroxyl groups is 1. The van der Waals surface area contributed by atoms with Gasteiger partial charge in [-0.1, -0.05) is 50.6 Å². The average Bonchev–Trinajstić information content (AvgIpc) is 2.49. The minimum atomic E-state index is -0.470. The second-order valence-electron chi connectivity index (χ2n) is 6.52. The van der Waals surface area contributed by atoms with E-state index in [0.717, 1.165) is 31.8 Å². The van der Waals surface area contributed by atoms with Crippen molar-refractivity contribution in [3.63, 3.8) is 0 Å². The van der Waals surface area contributed by atoms with E-state index < -0.39 is 5.60 Å². The van der Waals surface area contributed by atoms with Gasteiger partial charge in [0.2, 0.25) is 0 Å². The molecule has 0 aliphatic heterocycles. The molecule has 0 spiro atoms. The van der Waals surface area contributed by atoms with Crippen LogP contribution in [-0.2, 0) is 0 Å². The van der Waals surface area contributed by atoms with Gasteiger partial charge in [-0.05, 0) is 43.1 Å². The van der Waals surface area contributed by atoms with Gasteiger partial charge in [0.05, 0.1) is 5.60 Å². The molecular weight excluding hydrogens is 246 g/mol. The van der Waals surface area contributed by atoms with Gasteiger partial charge >= 0.3 is 0 Å². The lowest BCUT2D eigenvalue weighted by atomic mass is 9.78. The zero-order valence-corrected chi connectivity index (χ0v) is 12.9. The second-order valence-corrected chi connectivity index (χ2v) is 6.52. The van der Waals surface area contributed by atoms with Crippen molar-refractivity contribution in [2.75, 3.05) is 13.1 Å². The van der Waals surface area contributed by atoms with Gasteiger partial charge in [-0.25, -0.2) is 0 Å².